The minimum absolute atomic E-state index is 0.0990. The van der Waals surface area contributed by atoms with Crippen molar-refractivity contribution >= 4 is 16.8 Å². The van der Waals surface area contributed by atoms with Gasteiger partial charge in [-0.15, -0.1) is 0 Å². The van der Waals surface area contributed by atoms with Gasteiger partial charge < -0.3 is 9.94 Å². The highest BCUT2D eigenvalue weighted by Gasteiger charge is 2.28. The van der Waals surface area contributed by atoms with Crippen molar-refractivity contribution in [1.29, 1.82) is 0 Å². The number of hydrogen-bond acceptors (Lipinski definition) is 3. The van der Waals surface area contributed by atoms with Gasteiger partial charge in [-0.3, -0.25) is 4.79 Å². The predicted molar refractivity (Wildman–Crippen MR) is 83.4 cm³/mol. The fourth-order valence-electron chi connectivity index (χ4n) is 2.56. The Bertz CT molecular complexity index is 958. The number of carbonyl (C=O) groups is 1. The van der Waals surface area contributed by atoms with Gasteiger partial charge in [-0.2, -0.15) is 0 Å². The van der Waals surface area contributed by atoms with Gasteiger partial charge >= 0.3 is 5.69 Å². The third kappa shape index (κ3) is 1.98. The van der Waals surface area contributed by atoms with E-state index < -0.39 is 5.78 Å². The number of rotatable bonds is 2. The molecule has 0 amide bonds. The van der Waals surface area contributed by atoms with Crippen LogP contribution in [-0.4, -0.2) is 10.5 Å². The molecule has 3 aromatic rings. The molecule has 0 unspecified atom stereocenters. The number of aromatic nitrogens is 2. The fraction of sp³-hybridized carbons (Fsp3) is 0.118. The highest BCUT2D eigenvalue weighted by Crippen LogP contribution is 2.18. The monoisotopic (exact) mass is 294 g/mol. The first-order valence-corrected chi connectivity index (χ1v) is 6.87. The van der Waals surface area contributed by atoms with E-state index in [4.69, 9.17) is 0 Å². The Morgan fingerprint density at radius 2 is 1.68 bits per heavy atom. The Morgan fingerprint density at radius 1 is 1.05 bits per heavy atom. The maximum absolute atomic E-state index is 12.7. The second-order valence-electron chi connectivity index (χ2n) is 5.16. The summed E-state index contributed by atoms with van der Waals surface area (Å²) < 4.78 is 1.18. The highest BCUT2D eigenvalue weighted by molar-refractivity contribution is 6.08. The number of carbonyl (C=O) groups excluding carboxylic acids is 1. The van der Waals surface area contributed by atoms with Gasteiger partial charge in [0.25, 0.3) is 11.3 Å². The first-order valence-electron chi connectivity index (χ1n) is 6.87. The van der Waals surface area contributed by atoms with E-state index in [2.05, 4.69) is 0 Å². The quantitative estimate of drug-likeness (QED) is 0.539. The predicted octanol–water partition coefficient (Wildman–Crippen LogP) is 2.75. The molecule has 3 rings (SSSR count). The number of ketones is 1. The largest absolute Gasteiger partial charge is 0.805 e. The maximum atomic E-state index is 12.7. The van der Waals surface area contributed by atoms with Gasteiger partial charge in [0.05, 0.1) is 10.1 Å². The van der Waals surface area contributed by atoms with Crippen LogP contribution in [0.15, 0.2) is 48.5 Å². The van der Waals surface area contributed by atoms with E-state index in [0.29, 0.717) is 14.7 Å². The SMILES string of the molecule is Cc1ccccc1C(=O)c1c(C)n([O-])c2ccccc2[n+]1=O. The normalized spacial score (nSPS) is 10.8. The molecule has 0 fully saturated rings. The second-order valence-corrected chi connectivity index (χ2v) is 5.16. The molecule has 110 valence electrons. The van der Waals surface area contributed by atoms with Crippen LogP contribution in [0.4, 0.5) is 0 Å². The molecule has 5 nitrogen and oxygen atoms in total. The van der Waals surface area contributed by atoms with E-state index in [-0.39, 0.29) is 22.4 Å². The lowest BCUT2D eigenvalue weighted by atomic mass is 10.0. The first-order chi connectivity index (χ1) is 10.5. The third-order valence-electron chi connectivity index (χ3n) is 3.77. The summed E-state index contributed by atoms with van der Waals surface area (Å²) >= 11 is 0. The summed E-state index contributed by atoms with van der Waals surface area (Å²) in [6.07, 6.45) is 0. The minimum atomic E-state index is -0.444. The molecule has 1 heterocycles. The molecule has 0 spiro atoms. The molecule has 22 heavy (non-hydrogen) atoms. The molecule has 2 aromatic carbocycles. The van der Waals surface area contributed by atoms with Crippen LogP contribution in [0.5, 0.6) is 0 Å². The van der Waals surface area contributed by atoms with Gasteiger partial charge in [0.1, 0.15) is 5.52 Å². The molecular formula is C17H14N2O3. The van der Waals surface area contributed by atoms with Gasteiger partial charge in [0.15, 0.2) is 0 Å². The van der Waals surface area contributed by atoms with Crippen molar-refractivity contribution in [2.75, 3.05) is 0 Å². The second kappa shape index (κ2) is 5.11. The highest BCUT2D eigenvalue weighted by atomic mass is 16.5. The van der Waals surface area contributed by atoms with E-state index in [1.807, 2.05) is 6.07 Å². The summed E-state index contributed by atoms with van der Waals surface area (Å²) in [4.78, 5) is 25.3. The van der Waals surface area contributed by atoms with Crippen molar-refractivity contribution in [3.63, 3.8) is 0 Å². The van der Waals surface area contributed by atoms with Crippen molar-refractivity contribution in [2.24, 2.45) is 0 Å². The lowest BCUT2D eigenvalue weighted by Crippen LogP contribution is -2.31. The average molecular weight is 294 g/mol. The summed E-state index contributed by atoms with van der Waals surface area (Å²) in [6, 6.07) is 13.4. The first kappa shape index (κ1) is 14.0. The van der Waals surface area contributed by atoms with E-state index in [1.54, 1.807) is 43.3 Å². The molecule has 0 radical (unpaired) electrons. The van der Waals surface area contributed by atoms with Crippen molar-refractivity contribution in [3.05, 3.63) is 81.2 Å². The number of hydrogen-bond donors (Lipinski definition) is 0. The Hall–Kier alpha value is -2.95. The van der Waals surface area contributed by atoms with Gasteiger partial charge in [-0.25, -0.2) is 0 Å². The Balaban J connectivity index is 2.35. The molecule has 1 aromatic heterocycles. The Labute approximate surface area is 126 Å². The van der Waals surface area contributed by atoms with Crippen LogP contribution >= 0.6 is 0 Å². The number of para-hydroxylation sites is 2. The van der Waals surface area contributed by atoms with E-state index in [0.717, 1.165) is 5.56 Å². The van der Waals surface area contributed by atoms with Gasteiger partial charge in [-0.05, 0) is 25.5 Å². The minimum Gasteiger partial charge on any atom is -0.805 e. The fourth-order valence-corrected chi connectivity index (χ4v) is 2.56. The molecule has 0 saturated heterocycles. The molecule has 0 bridgehead atoms. The van der Waals surface area contributed by atoms with E-state index in [9.17, 15) is 14.9 Å². The zero-order chi connectivity index (χ0) is 15.9. The number of nitrogens with zero attached hydrogens (tertiary/aromatic N) is 2. The van der Waals surface area contributed by atoms with E-state index >= 15 is 0 Å². The smallest absolute Gasteiger partial charge is 0.329 e. The van der Waals surface area contributed by atoms with Crippen molar-refractivity contribution in [3.8, 4) is 0 Å². The Morgan fingerprint density at radius 3 is 2.41 bits per heavy atom. The summed E-state index contributed by atoms with van der Waals surface area (Å²) in [7, 11) is 0. The molecule has 0 atom stereocenters. The van der Waals surface area contributed by atoms with Gasteiger partial charge in [0, 0.05) is 16.5 Å². The maximum Gasteiger partial charge on any atom is 0.329 e. The Kier molecular flexibility index (Phi) is 3.25. The lowest BCUT2D eigenvalue weighted by molar-refractivity contribution is -0.468. The average Bonchev–Trinajstić information content (AvgIpc) is 2.53. The molecule has 0 saturated carbocycles. The summed E-state index contributed by atoms with van der Waals surface area (Å²) in [5, 5.41) is 12.3. The summed E-state index contributed by atoms with van der Waals surface area (Å²) in [5.41, 5.74) is 1.57. The lowest BCUT2D eigenvalue weighted by Gasteiger charge is -2.16. The number of aryl methyl sites for hydroxylation is 1. The van der Waals surface area contributed by atoms with Crippen LogP contribution in [0.1, 0.15) is 27.3 Å². The standard InChI is InChI=1S/C17H14N2O3/c1-11-7-3-4-8-13(11)17(20)16-12(2)18(21)14-9-5-6-10-15(14)19(16)22/h3-10H,1-2H3. The van der Waals surface area contributed by atoms with Crippen molar-refractivity contribution < 1.29 is 9.22 Å². The molecular weight excluding hydrogens is 280 g/mol. The molecule has 5 heteroatoms. The van der Waals surface area contributed by atoms with Crippen LogP contribution in [0.25, 0.3) is 11.0 Å². The summed E-state index contributed by atoms with van der Waals surface area (Å²) in [6.45, 7) is 3.28. The van der Waals surface area contributed by atoms with Gasteiger partial charge in [-0.1, -0.05) is 36.4 Å². The van der Waals surface area contributed by atoms with Crippen LogP contribution in [0.2, 0.25) is 0 Å². The number of fused-ring (bicyclic) bond motifs is 1. The third-order valence-corrected chi connectivity index (χ3v) is 3.77. The molecule has 0 aliphatic heterocycles. The zero-order valence-corrected chi connectivity index (χ0v) is 12.2. The molecule has 0 aliphatic carbocycles. The van der Waals surface area contributed by atoms with Crippen LogP contribution in [0.3, 0.4) is 0 Å². The van der Waals surface area contributed by atoms with Crippen LogP contribution in [-0.2, 0) is 0 Å². The molecule has 0 aliphatic rings. The van der Waals surface area contributed by atoms with Crippen LogP contribution in [0, 0.1) is 24.0 Å². The number of benzene rings is 2. The van der Waals surface area contributed by atoms with E-state index in [1.165, 1.54) is 13.0 Å². The summed E-state index contributed by atoms with van der Waals surface area (Å²) in [5.74, 6) is -0.444. The zero-order valence-electron chi connectivity index (χ0n) is 12.2. The molecule has 0 N–H and O–H groups in total. The van der Waals surface area contributed by atoms with Crippen molar-refractivity contribution in [2.45, 2.75) is 13.8 Å². The topological polar surface area (TPSA) is 68.0 Å². The van der Waals surface area contributed by atoms with Crippen molar-refractivity contribution in [1.82, 2.24) is 4.73 Å². The van der Waals surface area contributed by atoms with Crippen LogP contribution < -0.4 is 4.43 Å². The van der Waals surface area contributed by atoms with Gasteiger partial charge in [0.2, 0.25) is 0 Å².